The van der Waals surface area contributed by atoms with Crippen LogP contribution in [0, 0.1) is 6.92 Å². The molecule has 6 nitrogen and oxygen atoms in total. The summed E-state index contributed by atoms with van der Waals surface area (Å²) in [6.45, 7) is 2.42. The summed E-state index contributed by atoms with van der Waals surface area (Å²) in [5.41, 5.74) is 3.49. The molecule has 0 aliphatic heterocycles. The maximum atomic E-state index is 12.5. The first-order valence-corrected chi connectivity index (χ1v) is 9.44. The van der Waals surface area contributed by atoms with Crippen LogP contribution in [0.15, 0.2) is 55.0 Å². The highest BCUT2D eigenvalue weighted by Gasteiger charge is 2.12. The molecule has 1 aromatic carbocycles. The van der Waals surface area contributed by atoms with Gasteiger partial charge in [0.1, 0.15) is 11.5 Å². The van der Waals surface area contributed by atoms with E-state index < -0.39 is 0 Å². The van der Waals surface area contributed by atoms with Gasteiger partial charge in [0.05, 0.1) is 24.9 Å². The van der Waals surface area contributed by atoms with Gasteiger partial charge in [0, 0.05) is 28.5 Å². The van der Waals surface area contributed by atoms with Crippen molar-refractivity contribution in [3.05, 3.63) is 81.9 Å². The lowest BCUT2D eigenvalue weighted by atomic mass is 10.2. The Bertz CT molecular complexity index is 1160. The Balaban J connectivity index is 1.47. The van der Waals surface area contributed by atoms with Gasteiger partial charge in [-0.15, -0.1) is 0 Å². The maximum absolute atomic E-state index is 12.5. The molecule has 1 N–H and O–H groups in total. The Labute approximate surface area is 171 Å². The molecule has 3 heterocycles. The topological polar surface area (TPSA) is 64.2 Å². The number of nitrogens with zero attached hydrogens (tertiary/aromatic N) is 4. The third-order valence-corrected chi connectivity index (χ3v) is 4.98. The highest BCUT2D eigenvalue weighted by atomic mass is 35.5. The van der Waals surface area contributed by atoms with Crippen molar-refractivity contribution in [2.75, 3.05) is 5.32 Å². The predicted molar refractivity (Wildman–Crippen MR) is 110 cm³/mol. The molecule has 0 aliphatic rings. The van der Waals surface area contributed by atoms with Crippen LogP contribution in [0.1, 0.15) is 16.8 Å². The van der Waals surface area contributed by atoms with Crippen molar-refractivity contribution in [1.82, 2.24) is 19.2 Å². The van der Waals surface area contributed by atoms with Crippen LogP contribution in [0.2, 0.25) is 10.0 Å². The first-order valence-electron chi connectivity index (χ1n) is 8.68. The summed E-state index contributed by atoms with van der Waals surface area (Å²) < 4.78 is 3.60. The van der Waals surface area contributed by atoms with Gasteiger partial charge in [-0.05, 0) is 36.2 Å². The van der Waals surface area contributed by atoms with Crippen LogP contribution >= 0.6 is 23.2 Å². The van der Waals surface area contributed by atoms with Gasteiger partial charge in [-0.1, -0.05) is 35.3 Å². The molecule has 142 valence electrons. The van der Waals surface area contributed by atoms with Gasteiger partial charge in [0.15, 0.2) is 0 Å². The van der Waals surface area contributed by atoms with E-state index in [4.69, 9.17) is 23.2 Å². The number of hydrogen-bond acceptors (Lipinski definition) is 3. The summed E-state index contributed by atoms with van der Waals surface area (Å²) >= 11 is 12.2. The Morgan fingerprint density at radius 1 is 1.21 bits per heavy atom. The molecule has 0 spiro atoms. The third kappa shape index (κ3) is 3.88. The highest BCUT2D eigenvalue weighted by molar-refractivity contribution is 6.35. The lowest BCUT2D eigenvalue weighted by molar-refractivity contribution is -0.115. The Kier molecular flexibility index (Phi) is 5.07. The Morgan fingerprint density at radius 3 is 2.86 bits per heavy atom. The zero-order valence-corrected chi connectivity index (χ0v) is 16.6. The molecule has 0 radical (unpaired) electrons. The van der Waals surface area contributed by atoms with Gasteiger partial charge in [-0.2, -0.15) is 5.10 Å². The predicted octanol–water partition coefficient (Wildman–Crippen LogP) is 4.38. The van der Waals surface area contributed by atoms with Gasteiger partial charge >= 0.3 is 0 Å². The Morgan fingerprint density at radius 2 is 2.07 bits per heavy atom. The molecule has 0 atom stereocenters. The second-order valence-electron chi connectivity index (χ2n) is 6.49. The number of aryl methyl sites for hydroxylation is 1. The summed E-state index contributed by atoms with van der Waals surface area (Å²) in [7, 11) is 0. The van der Waals surface area contributed by atoms with Crippen molar-refractivity contribution >= 4 is 40.6 Å². The van der Waals surface area contributed by atoms with Crippen molar-refractivity contribution in [1.29, 1.82) is 0 Å². The molecule has 8 heteroatoms. The Hall–Kier alpha value is -2.83. The number of rotatable bonds is 5. The van der Waals surface area contributed by atoms with Crippen LogP contribution in [-0.2, 0) is 17.8 Å². The van der Waals surface area contributed by atoms with Crippen LogP contribution < -0.4 is 5.32 Å². The molecular weight excluding hydrogens is 397 g/mol. The summed E-state index contributed by atoms with van der Waals surface area (Å²) in [6.07, 6.45) is 5.59. The molecule has 0 bridgehead atoms. The SMILES string of the molecule is Cc1cccn2cc(CC(=O)Nc3ccnn3Cc3ccc(Cl)cc3Cl)nc12. The van der Waals surface area contributed by atoms with E-state index in [2.05, 4.69) is 15.4 Å². The summed E-state index contributed by atoms with van der Waals surface area (Å²) in [5, 5.41) is 8.29. The second-order valence-corrected chi connectivity index (χ2v) is 7.33. The minimum atomic E-state index is -0.162. The molecule has 0 unspecified atom stereocenters. The van der Waals surface area contributed by atoms with Crippen LogP contribution in [0.5, 0.6) is 0 Å². The minimum Gasteiger partial charge on any atom is -0.311 e. The van der Waals surface area contributed by atoms with E-state index in [0.717, 1.165) is 16.8 Å². The molecule has 3 aromatic heterocycles. The maximum Gasteiger partial charge on any atom is 0.231 e. The van der Waals surface area contributed by atoms with Crippen LogP contribution in [0.25, 0.3) is 5.65 Å². The molecule has 0 saturated heterocycles. The molecule has 4 rings (SSSR count). The lowest BCUT2D eigenvalue weighted by Crippen LogP contribution is -2.18. The number of benzene rings is 1. The molecule has 1 amide bonds. The summed E-state index contributed by atoms with van der Waals surface area (Å²) in [6, 6.07) is 11.0. The third-order valence-electron chi connectivity index (χ3n) is 4.39. The fourth-order valence-corrected chi connectivity index (χ4v) is 3.49. The van der Waals surface area contributed by atoms with Crippen molar-refractivity contribution < 1.29 is 4.79 Å². The monoisotopic (exact) mass is 413 g/mol. The van der Waals surface area contributed by atoms with Gasteiger partial charge < -0.3 is 9.72 Å². The van der Waals surface area contributed by atoms with Gasteiger partial charge in [-0.25, -0.2) is 9.67 Å². The van der Waals surface area contributed by atoms with E-state index >= 15 is 0 Å². The van der Waals surface area contributed by atoms with Crippen LogP contribution in [0.4, 0.5) is 5.82 Å². The van der Waals surface area contributed by atoms with E-state index in [9.17, 15) is 4.79 Å². The first kappa shape index (κ1) is 18.5. The number of carbonyl (C=O) groups is 1. The normalized spacial score (nSPS) is 11.1. The van der Waals surface area contributed by atoms with Crippen molar-refractivity contribution in [3.8, 4) is 0 Å². The molecule has 0 fully saturated rings. The fourth-order valence-electron chi connectivity index (χ4n) is 3.02. The van der Waals surface area contributed by atoms with Crippen molar-refractivity contribution in [2.24, 2.45) is 0 Å². The highest BCUT2D eigenvalue weighted by Crippen LogP contribution is 2.22. The lowest BCUT2D eigenvalue weighted by Gasteiger charge is -2.10. The van der Waals surface area contributed by atoms with E-state index in [0.29, 0.717) is 28.1 Å². The fraction of sp³-hybridized carbons (Fsp3) is 0.150. The van der Waals surface area contributed by atoms with Crippen molar-refractivity contribution in [2.45, 2.75) is 19.9 Å². The molecular formula is C20H17Cl2N5O. The van der Waals surface area contributed by atoms with E-state index in [-0.39, 0.29) is 12.3 Å². The number of pyridine rings is 1. The molecule has 0 aliphatic carbocycles. The second kappa shape index (κ2) is 7.66. The standard InChI is InChI=1S/C20H17Cl2N5O/c1-13-3-2-8-26-12-16(24-20(13)26)10-19(28)25-18-6-7-23-27(18)11-14-4-5-15(21)9-17(14)22/h2-9,12H,10-11H2,1H3,(H,25,28). The number of aromatic nitrogens is 4. The number of carbonyl (C=O) groups excluding carboxylic acids is 1. The number of halogens is 2. The largest absolute Gasteiger partial charge is 0.311 e. The summed E-state index contributed by atoms with van der Waals surface area (Å²) in [5.74, 6) is 0.431. The van der Waals surface area contributed by atoms with E-state index in [1.54, 1.807) is 29.1 Å². The van der Waals surface area contributed by atoms with Crippen LogP contribution in [-0.4, -0.2) is 25.1 Å². The van der Waals surface area contributed by atoms with Crippen LogP contribution in [0.3, 0.4) is 0 Å². The van der Waals surface area contributed by atoms with Gasteiger partial charge in [0.25, 0.3) is 0 Å². The average Bonchev–Trinajstić information content (AvgIpc) is 3.24. The number of anilines is 1. The zero-order valence-electron chi connectivity index (χ0n) is 15.1. The molecule has 0 saturated carbocycles. The molecule has 28 heavy (non-hydrogen) atoms. The number of amides is 1. The molecule has 4 aromatic rings. The first-order chi connectivity index (χ1) is 13.5. The number of nitrogens with one attached hydrogen (secondary N) is 1. The number of fused-ring (bicyclic) bond motifs is 1. The van der Waals surface area contributed by atoms with Crippen molar-refractivity contribution in [3.63, 3.8) is 0 Å². The zero-order chi connectivity index (χ0) is 19.7. The smallest absolute Gasteiger partial charge is 0.231 e. The van der Waals surface area contributed by atoms with E-state index in [1.165, 1.54) is 0 Å². The quantitative estimate of drug-likeness (QED) is 0.527. The minimum absolute atomic E-state index is 0.162. The number of hydrogen-bond donors (Lipinski definition) is 1. The van der Waals surface area contributed by atoms with E-state index in [1.807, 2.05) is 41.9 Å². The summed E-state index contributed by atoms with van der Waals surface area (Å²) in [4.78, 5) is 17.1. The van der Waals surface area contributed by atoms with Gasteiger partial charge in [-0.3, -0.25) is 4.79 Å². The number of imidazole rings is 1. The van der Waals surface area contributed by atoms with Gasteiger partial charge in [0.2, 0.25) is 5.91 Å². The average molecular weight is 414 g/mol.